The number of nitrogens with zero attached hydrogens (tertiary/aromatic N) is 1. The van der Waals surface area contributed by atoms with Crippen LogP contribution >= 0.6 is 23.4 Å². The van der Waals surface area contributed by atoms with E-state index in [1.807, 2.05) is 66.7 Å². The minimum atomic E-state index is -0.239. The van der Waals surface area contributed by atoms with E-state index in [9.17, 15) is 4.79 Å². The van der Waals surface area contributed by atoms with Gasteiger partial charge in [-0.3, -0.25) is 9.69 Å². The van der Waals surface area contributed by atoms with E-state index in [2.05, 4.69) is 0 Å². The number of hydrogen-bond donors (Lipinski definition) is 0. The molecule has 1 saturated heterocycles. The van der Waals surface area contributed by atoms with Crippen molar-refractivity contribution < 1.29 is 19.0 Å². The summed E-state index contributed by atoms with van der Waals surface area (Å²) in [4.78, 5) is 15.9. The van der Waals surface area contributed by atoms with Crippen molar-refractivity contribution in [2.24, 2.45) is 0 Å². The van der Waals surface area contributed by atoms with Gasteiger partial charge in [0, 0.05) is 0 Å². The maximum Gasteiger partial charge on any atom is 0.266 e. The average molecular weight is 468 g/mol. The summed E-state index contributed by atoms with van der Waals surface area (Å²) in [5.74, 6) is 1.43. The third-order valence-corrected chi connectivity index (χ3v) is 6.66. The Labute approximate surface area is 196 Å². The second-order valence-corrected chi connectivity index (χ2v) is 8.50. The van der Waals surface area contributed by atoms with E-state index >= 15 is 0 Å². The fourth-order valence-electron chi connectivity index (χ4n) is 3.60. The number of halogens is 1. The van der Waals surface area contributed by atoms with Gasteiger partial charge >= 0.3 is 0 Å². The molecule has 0 spiro atoms. The lowest BCUT2D eigenvalue weighted by Gasteiger charge is -2.24. The fraction of sp³-hybridized carbons (Fsp3) is 0.160. The quantitative estimate of drug-likeness (QED) is 0.405. The van der Waals surface area contributed by atoms with Crippen LogP contribution in [-0.2, 0) is 4.79 Å². The molecule has 4 rings (SSSR count). The predicted molar refractivity (Wildman–Crippen MR) is 130 cm³/mol. The topological polar surface area (TPSA) is 48.0 Å². The van der Waals surface area contributed by atoms with Gasteiger partial charge < -0.3 is 14.2 Å². The van der Waals surface area contributed by atoms with Gasteiger partial charge in [-0.1, -0.05) is 65.8 Å². The third-order valence-electron chi connectivity index (χ3n) is 5.08. The van der Waals surface area contributed by atoms with Gasteiger partial charge in [-0.15, -0.1) is 0 Å². The highest BCUT2D eigenvalue weighted by Gasteiger charge is 2.39. The molecule has 164 valence electrons. The number of methoxy groups -OCH3 is 3. The molecular formula is C25H22ClNO4S. The Hall–Kier alpha value is -3.09. The molecular weight excluding hydrogens is 446 g/mol. The predicted octanol–water partition coefficient (Wildman–Crippen LogP) is 6.19. The molecule has 32 heavy (non-hydrogen) atoms. The van der Waals surface area contributed by atoms with Crippen molar-refractivity contribution in [1.29, 1.82) is 0 Å². The number of thioether (sulfide) groups is 1. The molecule has 1 fully saturated rings. The van der Waals surface area contributed by atoms with Crippen molar-refractivity contribution in [3.63, 3.8) is 0 Å². The summed E-state index contributed by atoms with van der Waals surface area (Å²) in [7, 11) is 4.68. The fourth-order valence-corrected chi connectivity index (χ4v) is 5.08. The summed E-state index contributed by atoms with van der Waals surface area (Å²) in [6.07, 6.45) is 1.84. The molecule has 3 aromatic rings. The maximum absolute atomic E-state index is 13.6. The molecule has 1 aliphatic heterocycles. The first-order valence-electron chi connectivity index (χ1n) is 9.88. The van der Waals surface area contributed by atoms with E-state index in [0.29, 0.717) is 32.9 Å². The van der Waals surface area contributed by atoms with Gasteiger partial charge in [0.15, 0.2) is 11.5 Å². The van der Waals surface area contributed by atoms with E-state index in [0.717, 1.165) is 11.1 Å². The molecule has 1 atom stereocenters. The Balaban J connectivity index is 1.80. The number of ether oxygens (including phenoxy) is 3. The smallest absolute Gasteiger partial charge is 0.266 e. The van der Waals surface area contributed by atoms with E-state index in [1.165, 1.54) is 11.8 Å². The number of benzene rings is 3. The van der Waals surface area contributed by atoms with Gasteiger partial charge in [-0.25, -0.2) is 0 Å². The highest BCUT2D eigenvalue weighted by atomic mass is 35.5. The van der Waals surface area contributed by atoms with E-state index in [1.54, 1.807) is 32.3 Å². The standard InChI is InChI=1S/C25H22ClNO4S/c1-29-20-13-16(14-21(30-2)23(20)31-3)15-22-24(28)27(19-12-8-7-11-18(19)26)25(32-22)17-9-5-4-6-10-17/h4-15,25H,1-3H3/b22-15-. The molecule has 0 N–H and O–H groups in total. The Kier molecular flexibility index (Phi) is 6.63. The number of anilines is 1. The average Bonchev–Trinajstić information content (AvgIpc) is 3.14. The lowest BCUT2D eigenvalue weighted by Crippen LogP contribution is -2.27. The van der Waals surface area contributed by atoms with Crippen molar-refractivity contribution in [3.8, 4) is 17.2 Å². The minimum absolute atomic E-state index is 0.120. The van der Waals surface area contributed by atoms with Crippen LogP contribution in [-0.4, -0.2) is 27.2 Å². The second-order valence-electron chi connectivity index (χ2n) is 6.97. The molecule has 1 amide bonds. The van der Waals surface area contributed by atoms with Crippen LogP contribution in [0.15, 0.2) is 71.6 Å². The van der Waals surface area contributed by atoms with Gasteiger partial charge in [0.1, 0.15) is 5.37 Å². The zero-order valence-corrected chi connectivity index (χ0v) is 19.4. The first kappa shape index (κ1) is 22.1. The number of hydrogen-bond acceptors (Lipinski definition) is 5. The Morgan fingerprint density at radius 3 is 2.12 bits per heavy atom. The van der Waals surface area contributed by atoms with E-state index < -0.39 is 0 Å². The number of carbonyl (C=O) groups is 1. The van der Waals surface area contributed by atoms with Crippen molar-refractivity contribution in [3.05, 3.63) is 87.8 Å². The third kappa shape index (κ3) is 4.16. The van der Waals surface area contributed by atoms with Gasteiger partial charge in [-0.2, -0.15) is 0 Å². The van der Waals surface area contributed by atoms with Crippen LogP contribution in [0.4, 0.5) is 5.69 Å². The van der Waals surface area contributed by atoms with Crippen LogP contribution in [0.5, 0.6) is 17.2 Å². The van der Waals surface area contributed by atoms with E-state index in [4.69, 9.17) is 25.8 Å². The maximum atomic E-state index is 13.6. The lowest BCUT2D eigenvalue weighted by atomic mass is 10.1. The highest BCUT2D eigenvalue weighted by molar-refractivity contribution is 8.05. The van der Waals surface area contributed by atoms with E-state index in [-0.39, 0.29) is 11.3 Å². The van der Waals surface area contributed by atoms with Crippen molar-refractivity contribution >= 4 is 41.0 Å². The van der Waals surface area contributed by atoms with Crippen LogP contribution in [0, 0.1) is 0 Å². The summed E-state index contributed by atoms with van der Waals surface area (Å²) in [5, 5.41) is 0.285. The molecule has 0 bridgehead atoms. The first-order valence-corrected chi connectivity index (χ1v) is 11.1. The molecule has 0 saturated carbocycles. The summed E-state index contributed by atoms with van der Waals surface area (Å²) in [6, 6.07) is 20.9. The zero-order valence-electron chi connectivity index (χ0n) is 17.9. The van der Waals surface area contributed by atoms with Crippen molar-refractivity contribution in [2.45, 2.75) is 5.37 Å². The number of carbonyl (C=O) groups excluding carboxylic acids is 1. The lowest BCUT2D eigenvalue weighted by molar-refractivity contribution is -0.114. The Bertz CT molecular complexity index is 1140. The van der Waals surface area contributed by atoms with Crippen LogP contribution < -0.4 is 19.1 Å². The second kappa shape index (κ2) is 9.59. The number of rotatable bonds is 6. The SMILES string of the molecule is COc1cc(/C=C2\SC(c3ccccc3)N(c3ccccc3Cl)C2=O)cc(OC)c1OC. The van der Waals surface area contributed by atoms with Crippen LogP contribution in [0.25, 0.3) is 6.08 Å². The molecule has 5 nitrogen and oxygen atoms in total. The summed E-state index contributed by atoms with van der Waals surface area (Å²) < 4.78 is 16.3. The molecule has 0 aliphatic carbocycles. The van der Waals surface area contributed by atoms with Gasteiger partial charge in [0.05, 0.1) is 36.9 Å². The molecule has 0 aromatic heterocycles. The minimum Gasteiger partial charge on any atom is -0.493 e. The monoisotopic (exact) mass is 467 g/mol. The van der Waals surface area contributed by atoms with Crippen molar-refractivity contribution in [1.82, 2.24) is 0 Å². The molecule has 3 aromatic carbocycles. The van der Waals surface area contributed by atoms with Crippen LogP contribution in [0.2, 0.25) is 5.02 Å². The number of para-hydroxylation sites is 1. The summed E-state index contributed by atoms with van der Waals surface area (Å²) in [6.45, 7) is 0. The molecule has 0 radical (unpaired) electrons. The summed E-state index contributed by atoms with van der Waals surface area (Å²) in [5.41, 5.74) is 2.45. The molecule has 7 heteroatoms. The molecule has 1 aliphatic rings. The van der Waals surface area contributed by atoms with Crippen molar-refractivity contribution in [2.75, 3.05) is 26.2 Å². The molecule has 1 heterocycles. The summed E-state index contributed by atoms with van der Waals surface area (Å²) >= 11 is 7.95. The Morgan fingerprint density at radius 2 is 1.53 bits per heavy atom. The van der Waals surface area contributed by atoms with Gasteiger partial charge in [-0.05, 0) is 41.5 Å². The van der Waals surface area contributed by atoms with Gasteiger partial charge in [0.2, 0.25) is 5.75 Å². The number of amides is 1. The molecule has 1 unspecified atom stereocenters. The van der Waals surface area contributed by atoms with Crippen LogP contribution in [0.1, 0.15) is 16.5 Å². The zero-order chi connectivity index (χ0) is 22.7. The van der Waals surface area contributed by atoms with Crippen LogP contribution in [0.3, 0.4) is 0 Å². The normalized spacial score (nSPS) is 17.0. The Morgan fingerprint density at radius 1 is 0.906 bits per heavy atom. The van der Waals surface area contributed by atoms with Gasteiger partial charge in [0.25, 0.3) is 5.91 Å². The highest BCUT2D eigenvalue weighted by Crippen LogP contribution is 2.50. The first-order chi connectivity index (χ1) is 15.6. The largest absolute Gasteiger partial charge is 0.493 e.